The van der Waals surface area contributed by atoms with Crippen molar-refractivity contribution in [2.45, 2.75) is 39.3 Å². The van der Waals surface area contributed by atoms with Gasteiger partial charge in [0.05, 0.1) is 7.11 Å². The third-order valence-electron chi connectivity index (χ3n) is 2.67. The number of rotatable bonds is 6. The van der Waals surface area contributed by atoms with Gasteiger partial charge in [-0.15, -0.1) is 0 Å². The summed E-state index contributed by atoms with van der Waals surface area (Å²) >= 11 is 0. The molecule has 0 spiro atoms. The Labute approximate surface area is 97.4 Å². The van der Waals surface area contributed by atoms with Crippen molar-refractivity contribution in [2.75, 3.05) is 7.11 Å². The number of nitrogens with one attached hydrogen (secondary N) is 1. The average Bonchev–Trinajstić information content (AvgIpc) is 2.28. The molecule has 3 heteroatoms. The van der Waals surface area contributed by atoms with Gasteiger partial charge in [0.2, 0.25) is 0 Å². The van der Waals surface area contributed by atoms with Crippen molar-refractivity contribution < 1.29 is 9.84 Å². The summed E-state index contributed by atoms with van der Waals surface area (Å²) in [6, 6.07) is 6.02. The molecule has 0 aromatic heterocycles. The lowest BCUT2D eigenvalue weighted by molar-refractivity contribution is 0.368. The van der Waals surface area contributed by atoms with Crippen LogP contribution < -0.4 is 10.1 Å². The van der Waals surface area contributed by atoms with Crippen LogP contribution >= 0.6 is 0 Å². The summed E-state index contributed by atoms with van der Waals surface area (Å²) in [5.74, 6) is 0.767. The molecule has 0 heterocycles. The summed E-state index contributed by atoms with van der Waals surface area (Å²) in [4.78, 5) is 0. The van der Waals surface area contributed by atoms with Crippen LogP contribution in [0.5, 0.6) is 11.5 Å². The molecule has 1 aromatic carbocycles. The zero-order valence-corrected chi connectivity index (χ0v) is 10.3. The predicted molar refractivity (Wildman–Crippen MR) is 65.9 cm³/mol. The van der Waals surface area contributed by atoms with Crippen molar-refractivity contribution in [3.8, 4) is 11.5 Å². The fourth-order valence-electron chi connectivity index (χ4n) is 1.69. The largest absolute Gasteiger partial charge is 0.504 e. The number of hydrogen-bond acceptors (Lipinski definition) is 3. The van der Waals surface area contributed by atoms with E-state index in [1.54, 1.807) is 13.2 Å². The lowest BCUT2D eigenvalue weighted by Crippen LogP contribution is -2.25. The molecule has 0 bridgehead atoms. The Morgan fingerprint density at radius 1 is 1.44 bits per heavy atom. The van der Waals surface area contributed by atoms with E-state index in [2.05, 4.69) is 19.2 Å². The number of aromatic hydroxyl groups is 1. The maximum atomic E-state index is 9.87. The molecule has 16 heavy (non-hydrogen) atoms. The highest BCUT2D eigenvalue weighted by atomic mass is 16.5. The van der Waals surface area contributed by atoms with Crippen molar-refractivity contribution >= 4 is 0 Å². The molecule has 0 fully saturated rings. The SMILES string of the molecule is CCCC(C)NCc1cccc(OC)c1O. The molecule has 0 saturated heterocycles. The zero-order chi connectivity index (χ0) is 12.0. The number of hydrogen-bond donors (Lipinski definition) is 2. The van der Waals surface area contributed by atoms with Gasteiger partial charge in [0.1, 0.15) is 0 Å². The molecule has 3 nitrogen and oxygen atoms in total. The smallest absolute Gasteiger partial charge is 0.162 e. The van der Waals surface area contributed by atoms with E-state index in [4.69, 9.17) is 4.74 Å². The van der Waals surface area contributed by atoms with Gasteiger partial charge in [0.25, 0.3) is 0 Å². The number of para-hydroxylation sites is 1. The monoisotopic (exact) mass is 223 g/mol. The molecule has 0 saturated carbocycles. The Morgan fingerprint density at radius 3 is 2.81 bits per heavy atom. The van der Waals surface area contributed by atoms with E-state index in [0.29, 0.717) is 18.3 Å². The predicted octanol–water partition coefficient (Wildman–Crippen LogP) is 2.68. The first-order valence-electron chi connectivity index (χ1n) is 5.77. The Morgan fingerprint density at radius 2 is 2.19 bits per heavy atom. The van der Waals surface area contributed by atoms with Crippen LogP contribution in [-0.4, -0.2) is 18.3 Å². The molecule has 1 unspecified atom stereocenters. The molecule has 1 atom stereocenters. The first-order chi connectivity index (χ1) is 7.69. The molecule has 0 aliphatic carbocycles. The molecular weight excluding hydrogens is 202 g/mol. The van der Waals surface area contributed by atoms with Crippen LogP contribution in [0.4, 0.5) is 0 Å². The van der Waals surface area contributed by atoms with E-state index in [-0.39, 0.29) is 5.75 Å². The molecular formula is C13H21NO2. The molecule has 90 valence electrons. The summed E-state index contributed by atoms with van der Waals surface area (Å²) in [7, 11) is 1.56. The molecule has 0 radical (unpaired) electrons. The maximum absolute atomic E-state index is 9.87. The molecule has 0 aliphatic heterocycles. The van der Waals surface area contributed by atoms with Crippen LogP contribution in [0.2, 0.25) is 0 Å². The highest BCUT2D eigenvalue weighted by Crippen LogP contribution is 2.29. The highest BCUT2D eigenvalue weighted by Gasteiger charge is 2.07. The Bertz CT molecular complexity index is 326. The van der Waals surface area contributed by atoms with E-state index in [1.807, 2.05) is 12.1 Å². The number of benzene rings is 1. The Balaban J connectivity index is 2.60. The van der Waals surface area contributed by atoms with E-state index in [9.17, 15) is 5.11 Å². The van der Waals surface area contributed by atoms with Crippen LogP contribution in [0.15, 0.2) is 18.2 Å². The number of phenols is 1. The number of ether oxygens (including phenoxy) is 1. The van der Waals surface area contributed by atoms with Crippen molar-refractivity contribution in [3.05, 3.63) is 23.8 Å². The summed E-state index contributed by atoms with van der Waals surface area (Å²) in [6.45, 7) is 4.99. The lowest BCUT2D eigenvalue weighted by atomic mass is 10.1. The first kappa shape index (κ1) is 12.8. The van der Waals surface area contributed by atoms with Crippen LogP contribution in [0, 0.1) is 0 Å². The van der Waals surface area contributed by atoms with Gasteiger partial charge < -0.3 is 15.2 Å². The summed E-state index contributed by atoms with van der Waals surface area (Å²) in [5.41, 5.74) is 0.877. The van der Waals surface area contributed by atoms with Gasteiger partial charge in [-0.2, -0.15) is 0 Å². The van der Waals surface area contributed by atoms with Crippen molar-refractivity contribution in [2.24, 2.45) is 0 Å². The molecule has 1 rings (SSSR count). The minimum atomic E-state index is 0.237. The van der Waals surface area contributed by atoms with E-state index < -0.39 is 0 Å². The topological polar surface area (TPSA) is 41.5 Å². The molecule has 2 N–H and O–H groups in total. The zero-order valence-electron chi connectivity index (χ0n) is 10.3. The van der Waals surface area contributed by atoms with Crippen LogP contribution in [0.3, 0.4) is 0 Å². The van der Waals surface area contributed by atoms with Crippen molar-refractivity contribution in [1.29, 1.82) is 0 Å². The van der Waals surface area contributed by atoms with Gasteiger partial charge >= 0.3 is 0 Å². The fourth-order valence-corrected chi connectivity index (χ4v) is 1.69. The lowest BCUT2D eigenvalue weighted by Gasteiger charge is -2.14. The van der Waals surface area contributed by atoms with E-state index in [0.717, 1.165) is 18.4 Å². The van der Waals surface area contributed by atoms with Gasteiger partial charge in [0.15, 0.2) is 11.5 Å². The van der Waals surface area contributed by atoms with Crippen LogP contribution in [0.25, 0.3) is 0 Å². The van der Waals surface area contributed by atoms with Gasteiger partial charge in [-0.05, 0) is 19.4 Å². The van der Waals surface area contributed by atoms with E-state index in [1.165, 1.54) is 0 Å². The molecule has 1 aromatic rings. The fraction of sp³-hybridized carbons (Fsp3) is 0.538. The summed E-state index contributed by atoms with van der Waals surface area (Å²) < 4.78 is 5.06. The average molecular weight is 223 g/mol. The van der Waals surface area contributed by atoms with E-state index >= 15 is 0 Å². The molecule has 0 amide bonds. The third kappa shape index (κ3) is 3.42. The second-order valence-corrected chi connectivity index (χ2v) is 4.04. The first-order valence-corrected chi connectivity index (χ1v) is 5.77. The molecule has 0 aliphatic rings. The second kappa shape index (κ2) is 6.38. The van der Waals surface area contributed by atoms with Gasteiger partial charge in [0, 0.05) is 18.2 Å². The van der Waals surface area contributed by atoms with Crippen LogP contribution in [0.1, 0.15) is 32.3 Å². The summed E-state index contributed by atoms with van der Waals surface area (Å²) in [6.07, 6.45) is 2.31. The number of methoxy groups -OCH3 is 1. The van der Waals surface area contributed by atoms with Gasteiger partial charge in [-0.3, -0.25) is 0 Å². The Kier molecular flexibility index (Phi) is 5.12. The second-order valence-electron chi connectivity index (χ2n) is 4.04. The van der Waals surface area contributed by atoms with Crippen LogP contribution in [-0.2, 0) is 6.54 Å². The third-order valence-corrected chi connectivity index (χ3v) is 2.67. The Hall–Kier alpha value is -1.22. The van der Waals surface area contributed by atoms with Gasteiger partial charge in [-0.1, -0.05) is 25.5 Å². The highest BCUT2D eigenvalue weighted by molar-refractivity contribution is 5.45. The van der Waals surface area contributed by atoms with Crippen molar-refractivity contribution in [3.63, 3.8) is 0 Å². The minimum absolute atomic E-state index is 0.237. The quantitative estimate of drug-likeness (QED) is 0.779. The van der Waals surface area contributed by atoms with Gasteiger partial charge in [-0.25, -0.2) is 0 Å². The summed E-state index contributed by atoms with van der Waals surface area (Å²) in [5, 5.41) is 13.2. The normalized spacial score (nSPS) is 12.4. The minimum Gasteiger partial charge on any atom is -0.504 e. The van der Waals surface area contributed by atoms with Crippen molar-refractivity contribution in [1.82, 2.24) is 5.32 Å². The standard InChI is InChI=1S/C13H21NO2/c1-4-6-10(2)14-9-11-7-5-8-12(16-3)13(11)15/h5,7-8,10,14-15H,4,6,9H2,1-3H3. The maximum Gasteiger partial charge on any atom is 0.162 e. The number of phenolic OH excluding ortho intramolecular Hbond substituents is 1.